The molecule has 0 amide bonds. The first-order valence-corrected chi connectivity index (χ1v) is 9.54. The van der Waals surface area contributed by atoms with Gasteiger partial charge in [-0.25, -0.2) is 0 Å². The van der Waals surface area contributed by atoms with Crippen LogP contribution in [0.25, 0.3) is 11.3 Å². The fraction of sp³-hybridized carbons (Fsp3) is 0.118. The van der Waals surface area contributed by atoms with Gasteiger partial charge in [-0.05, 0) is 41.3 Å². The van der Waals surface area contributed by atoms with Crippen LogP contribution < -0.4 is 15.6 Å². The maximum Gasteiger partial charge on any atom is 0.325 e. The highest BCUT2D eigenvalue weighted by molar-refractivity contribution is 9.10. The van der Waals surface area contributed by atoms with Crippen LogP contribution in [0.3, 0.4) is 0 Å². The lowest BCUT2D eigenvalue weighted by Gasteiger charge is -2.23. The molecule has 1 aromatic heterocycles. The van der Waals surface area contributed by atoms with E-state index in [0.717, 1.165) is 21.3 Å². The first kappa shape index (κ1) is 16.2. The molecule has 4 rings (SSSR count). The Morgan fingerprint density at radius 2 is 2.08 bits per heavy atom. The molecule has 0 saturated carbocycles. The zero-order chi connectivity index (χ0) is 17.6. The molecule has 25 heavy (non-hydrogen) atoms. The fourth-order valence-corrected chi connectivity index (χ4v) is 3.76. The van der Waals surface area contributed by atoms with E-state index in [1.165, 1.54) is 11.8 Å². The summed E-state index contributed by atoms with van der Waals surface area (Å²) in [5.41, 5.74) is 2.69. The lowest BCUT2D eigenvalue weighted by atomic mass is 10.0. The number of fused-ring (bicyclic) bond motifs is 3. The van der Waals surface area contributed by atoms with E-state index in [2.05, 4.69) is 31.3 Å². The Hall–Kier alpha value is -2.32. The summed E-state index contributed by atoms with van der Waals surface area (Å²) in [7, 11) is 0. The van der Waals surface area contributed by atoms with Crippen LogP contribution in [0.4, 0.5) is 5.69 Å². The number of phenols is 1. The molecule has 2 heterocycles. The molecule has 1 aliphatic rings. The quantitative estimate of drug-likeness (QED) is 0.441. The number of nitrogens with zero attached hydrogens (tertiary/aromatic N) is 2. The molecule has 2 aromatic carbocycles. The molecule has 0 fully saturated rings. The van der Waals surface area contributed by atoms with Crippen LogP contribution >= 0.6 is 27.7 Å². The third kappa shape index (κ3) is 2.71. The summed E-state index contributed by atoms with van der Waals surface area (Å²) in [6, 6.07) is 12.6. The number of aromatic amines is 1. The zero-order valence-corrected chi connectivity index (χ0v) is 15.6. The van der Waals surface area contributed by atoms with Crippen molar-refractivity contribution in [2.24, 2.45) is 0 Å². The number of thioether (sulfide) groups is 1. The minimum atomic E-state index is -0.431. The lowest BCUT2D eigenvalue weighted by Crippen LogP contribution is -2.55. The Labute approximate surface area is 156 Å². The van der Waals surface area contributed by atoms with Crippen molar-refractivity contribution in [2.75, 3.05) is 11.6 Å². The molecular weight excluding hydrogens is 404 g/mol. The van der Waals surface area contributed by atoms with E-state index in [0.29, 0.717) is 10.9 Å². The molecule has 0 saturated heterocycles. The Morgan fingerprint density at radius 1 is 1.28 bits per heavy atom. The van der Waals surface area contributed by atoms with E-state index >= 15 is 0 Å². The summed E-state index contributed by atoms with van der Waals surface area (Å²) in [6.07, 6.45) is 1.42. The second-order valence-electron chi connectivity index (χ2n) is 5.55. The van der Waals surface area contributed by atoms with Crippen LogP contribution in [0.1, 0.15) is 11.7 Å². The van der Waals surface area contributed by atoms with Gasteiger partial charge in [0.15, 0.2) is 0 Å². The number of halogens is 1. The molecule has 3 N–H and O–H groups in total. The van der Waals surface area contributed by atoms with E-state index < -0.39 is 6.17 Å². The van der Waals surface area contributed by atoms with Crippen LogP contribution in [0.15, 0.2) is 56.9 Å². The summed E-state index contributed by atoms with van der Waals surface area (Å²) >= 11 is 4.89. The minimum absolute atomic E-state index is 0.149. The number of nitrogens with one attached hydrogen (secondary N) is 2. The normalized spacial score (nSPS) is 15.2. The van der Waals surface area contributed by atoms with Gasteiger partial charge in [-0.15, -0.1) is 0 Å². The maximum absolute atomic E-state index is 12.7. The largest absolute Gasteiger partial charge is 0.508 e. The topological polar surface area (TPSA) is 81.9 Å². The molecule has 0 spiro atoms. The second-order valence-corrected chi connectivity index (χ2v) is 7.20. The molecule has 0 aliphatic carbocycles. The summed E-state index contributed by atoms with van der Waals surface area (Å²) in [4.78, 5) is 15.5. The first-order chi connectivity index (χ1) is 12.1. The molecule has 1 aliphatic heterocycles. The number of aromatic nitrogens is 3. The smallest absolute Gasteiger partial charge is 0.325 e. The van der Waals surface area contributed by atoms with Gasteiger partial charge in [0.2, 0.25) is 5.16 Å². The number of benzene rings is 2. The van der Waals surface area contributed by atoms with E-state index in [1.807, 2.05) is 30.5 Å². The summed E-state index contributed by atoms with van der Waals surface area (Å²) < 4.78 is 2.49. The van der Waals surface area contributed by atoms with Gasteiger partial charge >= 0.3 is 11.3 Å². The minimum Gasteiger partial charge on any atom is -0.508 e. The highest BCUT2D eigenvalue weighted by atomic mass is 79.9. The van der Waals surface area contributed by atoms with Crippen molar-refractivity contribution >= 4 is 33.4 Å². The van der Waals surface area contributed by atoms with Crippen LogP contribution in [0, 0.1) is 0 Å². The number of hydrogen-bond acceptors (Lipinski definition) is 5. The van der Waals surface area contributed by atoms with Crippen molar-refractivity contribution < 1.29 is 9.79 Å². The second kappa shape index (κ2) is 6.20. The third-order valence-electron chi connectivity index (χ3n) is 4.05. The highest BCUT2D eigenvalue weighted by Crippen LogP contribution is 2.34. The van der Waals surface area contributed by atoms with Gasteiger partial charge < -0.3 is 10.4 Å². The zero-order valence-electron chi connectivity index (χ0n) is 13.2. The summed E-state index contributed by atoms with van der Waals surface area (Å²) in [5.74, 6) is 0.149. The molecule has 3 aromatic rings. The number of H-pyrrole nitrogens is 1. The van der Waals surface area contributed by atoms with Gasteiger partial charge in [0, 0.05) is 9.57 Å². The van der Waals surface area contributed by atoms with Crippen molar-refractivity contribution in [1.82, 2.24) is 10.1 Å². The van der Waals surface area contributed by atoms with Crippen LogP contribution in [-0.2, 0) is 0 Å². The number of para-hydroxylation sites is 1. The molecule has 6 nitrogen and oxygen atoms in total. The van der Waals surface area contributed by atoms with Crippen LogP contribution in [0.5, 0.6) is 5.75 Å². The Balaban J connectivity index is 2.02. The summed E-state index contributed by atoms with van der Waals surface area (Å²) in [5, 5.41) is 18.4. The molecule has 8 heteroatoms. The van der Waals surface area contributed by atoms with Crippen molar-refractivity contribution in [3.05, 3.63) is 62.9 Å². The molecule has 1 atom stereocenters. The van der Waals surface area contributed by atoms with Gasteiger partial charge in [-0.1, -0.05) is 39.8 Å². The predicted molar refractivity (Wildman–Crippen MR) is 99.8 cm³/mol. The number of rotatable bonds is 2. The molecule has 126 valence electrons. The van der Waals surface area contributed by atoms with Gasteiger partial charge in [0.25, 0.3) is 6.17 Å². The van der Waals surface area contributed by atoms with E-state index in [-0.39, 0.29) is 11.3 Å². The van der Waals surface area contributed by atoms with E-state index in [9.17, 15) is 9.90 Å². The van der Waals surface area contributed by atoms with Crippen molar-refractivity contribution in [1.29, 1.82) is 0 Å². The maximum atomic E-state index is 12.7. The van der Waals surface area contributed by atoms with E-state index in [4.69, 9.17) is 0 Å². The van der Waals surface area contributed by atoms with E-state index in [1.54, 1.807) is 22.9 Å². The third-order valence-corrected chi connectivity index (χ3v) is 5.34. The average molecular weight is 418 g/mol. The Kier molecular flexibility index (Phi) is 4.01. The molecule has 0 unspecified atom stereocenters. The summed E-state index contributed by atoms with van der Waals surface area (Å²) in [6.45, 7) is 0. The van der Waals surface area contributed by atoms with Gasteiger partial charge in [-0.3, -0.25) is 9.78 Å². The van der Waals surface area contributed by atoms with Crippen LogP contribution in [0.2, 0.25) is 0 Å². The molecule has 0 bridgehead atoms. The number of aromatic hydroxyl groups is 1. The molecular formula is C17H14BrN4O2S+. The fourth-order valence-electron chi connectivity index (χ4n) is 2.93. The number of phenolic OH excluding ortho intramolecular Hbond substituents is 1. The number of anilines is 1. The van der Waals surface area contributed by atoms with Crippen molar-refractivity contribution in [3.8, 4) is 17.0 Å². The SMILES string of the molecule is CSc1n[n+]2c(c(=O)[nH]1)-c1ccccc1N[C@H]2c1cc(O)ccc1Br. The standard InChI is InChI=1S/C17H13BrN4O2S/c1-25-17-20-16(24)14-10-4-2-3-5-13(10)19-15(22(14)21-17)11-8-9(23)6-7-12(11)18/h2-8,15H,1H3,(H2,20,21,23,24)/p+1/t15-/m1/s1. The monoisotopic (exact) mass is 417 g/mol. The van der Waals surface area contributed by atoms with Crippen molar-refractivity contribution in [3.63, 3.8) is 0 Å². The van der Waals surface area contributed by atoms with Crippen LogP contribution in [-0.4, -0.2) is 21.4 Å². The van der Waals surface area contributed by atoms with Gasteiger partial charge in [-0.2, -0.15) is 0 Å². The van der Waals surface area contributed by atoms with Crippen molar-refractivity contribution in [2.45, 2.75) is 11.3 Å². The lowest BCUT2D eigenvalue weighted by molar-refractivity contribution is -0.759. The predicted octanol–water partition coefficient (Wildman–Crippen LogP) is 2.89. The van der Waals surface area contributed by atoms with Gasteiger partial charge in [0.05, 0.1) is 16.8 Å². The highest BCUT2D eigenvalue weighted by Gasteiger charge is 2.38. The molecule has 0 radical (unpaired) electrons. The first-order valence-electron chi connectivity index (χ1n) is 7.53. The Morgan fingerprint density at radius 3 is 2.88 bits per heavy atom. The number of hydrogen-bond donors (Lipinski definition) is 3. The van der Waals surface area contributed by atoms with Gasteiger partial charge in [0.1, 0.15) is 5.75 Å². The average Bonchev–Trinajstić information content (AvgIpc) is 2.62. The Bertz CT molecular complexity index is 1040.